The molecule has 2 atom stereocenters. The van der Waals surface area contributed by atoms with Crippen molar-refractivity contribution in [2.75, 3.05) is 13.7 Å². The minimum atomic E-state index is -0.0328. The monoisotopic (exact) mass is 195 g/mol. The third-order valence-electron chi connectivity index (χ3n) is 3.35. The van der Waals surface area contributed by atoms with Crippen LogP contribution in [0.15, 0.2) is 4.99 Å². The first-order valence-corrected chi connectivity index (χ1v) is 5.42. The second kappa shape index (κ2) is 4.11. The minimum Gasteiger partial charge on any atom is -0.469 e. The van der Waals surface area contributed by atoms with Gasteiger partial charge in [-0.3, -0.25) is 9.79 Å². The molecule has 2 unspecified atom stereocenters. The summed E-state index contributed by atoms with van der Waals surface area (Å²) < 4.78 is 4.79. The van der Waals surface area contributed by atoms with Crippen LogP contribution in [0.3, 0.4) is 0 Å². The molecule has 3 nitrogen and oxygen atoms in total. The van der Waals surface area contributed by atoms with E-state index in [-0.39, 0.29) is 11.9 Å². The van der Waals surface area contributed by atoms with Gasteiger partial charge >= 0.3 is 5.97 Å². The van der Waals surface area contributed by atoms with Gasteiger partial charge in [-0.05, 0) is 38.0 Å². The fourth-order valence-corrected chi connectivity index (χ4v) is 2.56. The van der Waals surface area contributed by atoms with E-state index in [4.69, 9.17) is 4.74 Å². The van der Waals surface area contributed by atoms with Gasteiger partial charge in [0.25, 0.3) is 0 Å². The van der Waals surface area contributed by atoms with E-state index in [1.807, 2.05) is 0 Å². The maximum atomic E-state index is 11.4. The Morgan fingerprint density at radius 3 is 3.14 bits per heavy atom. The zero-order chi connectivity index (χ0) is 9.97. The predicted octanol–water partition coefficient (Wildman–Crippen LogP) is 1.81. The molecule has 3 heteroatoms. The molecule has 1 fully saturated rings. The van der Waals surface area contributed by atoms with Crippen molar-refractivity contribution >= 4 is 11.7 Å². The van der Waals surface area contributed by atoms with Crippen molar-refractivity contribution in [3.05, 3.63) is 0 Å². The highest BCUT2D eigenvalue weighted by molar-refractivity contribution is 5.89. The largest absolute Gasteiger partial charge is 0.469 e. The Bertz CT molecular complexity index is 260. The van der Waals surface area contributed by atoms with Gasteiger partial charge in [-0.2, -0.15) is 0 Å². The first-order valence-electron chi connectivity index (χ1n) is 5.42. The summed E-state index contributed by atoms with van der Waals surface area (Å²) in [6.07, 6.45) is 5.30. The standard InChI is InChI=1S/C11H17NO2/c1-14-11(13)9-4-5-10-8(7-9)3-2-6-12-10/h8-9H,2-7H2,1H3. The smallest absolute Gasteiger partial charge is 0.308 e. The number of ether oxygens (including phenoxy) is 1. The molecule has 78 valence electrons. The van der Waals surface area contributed by atoms with Crippen molar-refractivity contribution in [3.8, 4) is 0 Å². The fraction of sp³-hybridized carbons (Fsp3) is 0.818. The zero-order valence-electron chi connectivity index (χ0n) is 8.66. The van der Waals surface area contributed by atoms with Crippen molar-refractivity contribution < 1.29 is 9.53 Å². The van der Waals surface area contributed by atoms with Gasteiger partial charge in [-0.15, -0.1) is 0 Å². The van der Waals surface area contributed by atoms with E-state index >= 15 is 0 Å². The van der Waals surface area contributed by atoms with E-state index in [1.165, 1.54) is 25.7 Å². The average molecular weight is 195 g/mol. The molecule has 0 aromatic carbocycles. The second-order valence-electron chi connectivity index (χ2n) is 4.21. The third-order valence-corrected chi connectivity index (χ3v) is 3.35. The summed E-state index contributed by atoms with van der Waals surface area (Å²) in [7, 11) is 1.48. The summed E-state index contributed by atoms with van der Waals surface area (Å²) in [6, 6.07) is 0. The number of fused-ring (bicyclic) bond motifs is 1. The van der Waals surface area contributed by atoms with Crippen LogP contribution in [-0.2, 0) is 9.53 Å². The zero-order valence-corrected chi connectivity index (χ0v) is 8.66. The van der Waals surface area contributed by atoms with Crippen LogP contribution in [0.5, 0.6) is 0 Å². The maximum absolute atomic E-state index is 11.4. The Balaban J connectivity index is 2.00. The molecule has 0 amide bonds. The lowest BCUT2D eigenvalue weighted by molar-refractivity contribution is -0.146. The highest BCUT2D eigenvalue weighted by Gasteiger charge is 2.32. The normalized spacial score (nSPS) is 31.6. The number of hydrogen-bond acceptors (Lipinski definition) is 3. The van der Waals surface area contributed by atoms with Crippen molar-refractivity contribution in [2.45, 2.75) is 32.1 Å². The predicted molar refractivity (Wildman–Crippen MR) is 54.4 cm³/mol. The van der Waals surface area contributed by atoms with Gasteiger partial charge in [0, 0.05) is 12.3 Å². The van der Waals surface area contributed by atoms with E-state index in [0.717, 1.165) is 25.8 Å². The Kier molecular flexibility index (Phi) is 2.85. The lowest BCUT2D eigenvalue weighted by atomic mass is 9.77. The van der Waals surface area contributed by atoms with Crippen molar-refractivity contribution in [3.63, 3.8) is 0 Å². The van der Waals surface area contributed by atoms with Crippen LogP contribution in [0, 0.1) is 11.8 Å². The van der Waals surface area contributed by atoms with Crippen molar-refractivity contribution in [2.24, 2.45) is 16.8 Å². The number of rotatable bonds is 1. The number of nitrogens with zero attached hydrogens (tertiary/aromatic N) is 1. The van der Waals surface area contributed by atoms with Gasteiger partial charge in [0.2, 0.25) is 0 Å². The quantitative estimate of drug-likeness (QED) is 0.598. The molecule has 1 heterocycles. The van der Waals surface area contributed by atoms with E-state index in [0.29, 0.717) is 5.92 Å². The Morgan fingerprint density at radius 2 is 2.36 bits per heavy atom. The number of carbonyl (C=O) groups excluding carboxylic acids is 1. The van der Waals surface area contributed by atoms with Crippen LogP contribution >= 0.6 is 0 Å². The lowest BCUT2D eigenvalue weighted by Gasteiger charge is -2.31. The van der Waals surface area contributed by atoms with E-state index in [2.05, 4.69) is 4.99 Å². The van der Waals surface area contributed by atoms with Gasteiger partial charge in [0.1, 0.15) is 0 Å². The molecule has 1 aliphatic heterocycles. The Hall–Kier alpha value is -0.860. The molecule has 1 saturated carbocycles. The van der Waals surface area contributed by atoms with Gasteiger partial charge < -0.3 is 4.74 Å². The molecule has 0 radical (unpaired) electrons. The summed E-state index contributed by atoms with van der Waals surface area (Å²) in [5.74, 6) is 0.665. The molecule has 1 aliphatic carbocycles. The van der Waals surface area contributed by atoms with Gasteiger partial charge in [0.15, 0.2) is 0 Å². The van der Waals surface area contributed by atoms with Crippen LogP contribution in [-0.4, -0.2) is 25.3 Å². The molecule has 2 rings (SSSR count). The van der Waals surface area contributed by atoms with Gasteiger partial charge in [-0.1, -0.05) is 0 Å². The van der Waals surface area contributed by atoms with Crippen molar-refractivity contribution in [1.29, 1.82) is 0 Å². The van der Waals surface area contributed by atoms with Crippen LogP contribution in [0.2, 0.25) is 0 Å². The fourth-order valence-electron chi connectivity index (χ4n) is 2.56. The number of esters is 1. The van der Waals surface area contributed by atoms with Gasteiger partial charge in [0.05, 0.1) is 13.0 Å². The Morgan fingerprint density at radius 1 is 1.50 bits per heavy atom. The van der Waals surface area contributed by atoms with Crippen molar-refractivity contribution in [1.82, 2.24) is 0 Å². The molecule has 0 aromatic heterocycles. The Labute approximate surface area is 84.5 Å². The molecule has 0 aromatic rings. The molecule has 2 aliphatic rings. The van der Waals surface area contributed by atoms with Crippen LogP contribution in [0.4, 0.5) is 0 Å². The molecule has 14 heavy (non-hydrogen) atoms. The lowest BCUT2D eigenvalue weighted by Crippen LogP contribution is -2.32. The third kappa shape index (κ3) is 1.81. The first kappa shape index (κ1) is 9.69. The number of aliphatic imine (C=N–C) groups is 1. The summed E-state index contributed by atoms with van der Waals surface area (Å²) in [4.78, 5) is 15.9. The molecule has 0 bridgehead atoms. The summed E-state index contributed by atoms with van der Waals surface area (Å²) in [5, 5.41) is 0. The highest BCUT2D eigenvalue weighted by atomic mass is 16.5. The van der Waals surface area contributed by atoms with Crippen LogP contribution in [0.1, 0.15) is 32.1 Å². The van der Waals surface area contributed by atoms with Crippen LogP contribution < -0.4 is 0 Å². The SMILES string of the molecule is COC(=O)C1CCC2=NCCCC2C1. The topological polar surface area (TPSA) is 38.7 Å². The number of methoxy groups -OCH3 is 1. The summed E-state index contributed by atoms with van der Waals surface area (Å²) in [5.41, 5.74) is 1.36. The van der Waals surface area contributed by atoms with Gasteiger partial charge in [-0.25, -0.2) is 0 Å². The first-order chi connectivity index (χ1) is 6.81. The summed E-state index contributed by atoms with van der Waals surface area (Å²) in [6.45, 7) is 0.995. The molecular weight excluding hydrogens is 178 g/mol. The maximum Gasteiger partial charge on any atom is 0.308 e. The molecule has 0 saturated heterocycles. The van der Waals surface area contributed by atoms with E-state index < -0.39 is 0 Å². The highest BCUT2D eigenvalue weighted by Crippen LogP contribution is 2.32. The average Bonchev–Trinajstić information content (AvgIpc) is 2.27. The minimum absolute atomic E-state index is 0.0328. The number of carbonyl (C=O) groups is 1. The van der Waals surface area contributed by atoms with E-state index in [9.17, 15) is 4.79 Å². The number of hydrogen-bond donors (Lipinski definition) is 0. The molecular formula is C11H17NO2. The second-order valence-corrected chi connectivity index (χ2v) is 4.21. The van der Waals surface area contributed by atoms with E-state index in [1.54, 1.807) is 0 Å². The molecule has 0 N–H and O–H groups in total. The summed E-state index contributed by atoms with van der Waals surface area (Å²) >= 11 is 0. The van der Waals surface area contributed by atoms with Crippen LogP contribution in [0.25, 0.3) is 0 Å². The molecule has 0 spiro atoms.